The molecule has 18 heavy (non-hydrogen) atoms. The average molecular weight is 333 g/mol. The van der Waals surface area contributed by atoms with Gasteiger partial charge in [-0.1, -0.05) is 48.7 Å². The van der Waals surface area contributed by atoms with Crippen LogP contribution in [-0.4, -0.2) is 13.1 Å². The molecule has 0 aliphatic rings. The minimum atomic E-state index is 0.555. The Balaban J connectivity index is 2.84. The molecule has 0 N–H and O–H groups in total. The molecule has 0 radical (unpaired) electrons. The van der Waals surface area contributed by atoms with Crippen molar-refractivity contribution < 1.29 is 0 Å². The standard InChI is InChI=1S/C15H23BrClN/c1-4-12(5-2)11-18(6-3)14-8-7-13(10-17)15(16)9-14/h7-9,12H,4-6,10-11H2,1-3H3. The van der Waals surface area contributed by atoms with Gasteiger partial charge in [-0.2, -0.15) is 0 Å². The molecule has 0 heterocycles. The number of halogens is 2. The SMILES string of the molecule is CCC(CC)CN(CC)c1ccc(CCl)c(Br)c1. The van der Waals surface area contributed by atoms with Gasteiger partial charge in [0.15, 0.2) is 0 Å². The summed E-state index contributed by atoms with van der Waals surface area (Å²) in [4.78, 5) is 2.44. The zero-order valence-corrected chi connectivity index (χ0v) is 13.9. The Morgan fingerprint density at radius 1 is 1.22 bits per heavy atom. The van der Waals surface area contributed by atoms with Crippen molar-refractivity contribution in [2.24, 2.45) is 5.92 Å². The van der Waals surface area contributed by atoms with Crippen LogP contribution in [0.1, 0.15) is 39.2 Å². The summed E-state index contributed by atoms with van der Waals surface area (Å²) in [7, 11) is 0. The summed E-state index contributed by atoms with van der Waals surface area (Å²) in [5, 5.41) is 0. The molecule has 0 aromatic heterocycles. The zero-order valence-electron chi connectivity index (χ0n) is 11.5. The number of rotatable bonds is 7. The van der Waals surface area contributed by atoms with E-state index in [4.69, 9.17) is 11.6 Å². The molecule has 1 aromatic carbocycles. The maximum Gasteiger partial charge on any atom is 0.0485 e. The molecule has 0 saturated carbocycles. The molecule has 102 valence electrons. The molecule has 0 atom stereocenters. The van der Waals surface area contributed by atoms with Gasteiger partial charge in [0.2, 0.25) is 0 Å². The molecular formula is C15H23BrClN. The Bertz CT molecular complexity index is 364. The molecule has 1 rings (SSSR count). The summed E-state index contributed by atoms with van der Waals surface area (Å²) in [5.41, 5.74) is 2.43. The number of hydrogen-bond donors (Lipinski definition) is 0. The van der Waals surface area contributed by atoms with E-state index in [0.29, 0.717) is 5.88 Å². The molecule has 0 aliphatic carbocycles. The van der Waals surface area contributed by atoms with E-state index in [0.717, 1.165) is 29.0 Å². The maximum atomic E-state index is 5.88. The Morgan fingerprint density at radius 3 is 2.33 bits per heavy atom. The van der Waals surface area contributed by atoms with Gasteiger partial charge >= 0.3 is 0 Å². The smallest absolute Gasteiger partial charge is 0.0485 e. The quantitative estimate of drug-likeness (QED) is 0.600. The van der Waals surface area contributed by atoms with Gasteiger partial charge in [0.25, 0.3) is 0 Å². The van der Waals surface area contributed by atoms with Gasteiger partial charge in [-0.3, -0.25) is 0 Å². The van der Waals surface area contributed by atoms with Crippen LogP contribution >= 0.6 is 27.5 Å². The second-order valence-electron chi connectivity index (χ2n) is 4.63. The largest absolute Gasteiger partial charge is 0.372 e. The van der Waals surface area contributed by atoms with Crippen molar-refractivity contribution in [3.8, 4) is 0 Å². The molecular weight excluding hydrogens is 310 g/mol. The molecule has 0 fully saturated rings. The first-order chi connectivity index (χ1) is 8.65. The van der Waals surface area contributed by atoms with Gasteiger partial charge in [-0.25, -0.2) is 0 Å². The summed E-state index contributed by atoms with van der Waals surface area (Å²) >= 11 is 9.48. The fourth-order valence-corrected chi connectivity index (χ4v) is 3.02. The lowest BCUT2D eigenvalue weighted by Crippen LogP contribution is -2.28. The van der Waals surface area contributed by atoms with E-state index >= 15 is 0 Å². The van der Waals surface area contributed by atoms with Crippen LogP contribution < -0.4 is 4.90 Å². The van der Waals surface area contributed by atoms with E-state index in [1.54, 1.807) is 0 Å². The first-order valence-electron chi connectivity index (χ1n) is 6.75. The summed E-state index contributed by atoms with van der Waals surface area (Å²) in [6.07, 6.45) is 2.49. The van der Waals surface area contributed by atoms with Crippen molar-refractivity contribution >= 4 is 33.2 Å². The number of benzene rings is 1. The molecule has 0 amide bonds. The Labute approximate surface area is 125 Å². The molecule has 1 nitrogen and oxygen atoms in total. The van der Waals surface area contributed by atoms with Gasteiger partial charge in [-0.05, 0) is 30.5 Å². The number of alkyl halides is 1. The molecule has 0 spiro atoms. The Kier molecular flexibility index (Phi) is 7.10. The van der Waals surface area contributed by atoms with Crippen molar-refractivity contribution in [3.63, 3.8) is 0 Å². The van der Waals surface area contributed by atoms with E-state index in [2.05, 4.69) is 59.8 Å². The maximum absolute atomic E-state index is 5.88. The van der Waals surface area contributed by atoms with Crippen molar-refractivity contribution in [1.82, 2.24) is 0 Å². The topological polar surface area (TPSA) is 3.24 Å². The summed E-state index contributed by atoms with van der Waals surface area (Å²) in [5.74, 6) is 1.33. The molecule has 1 aromatic rings. The van der Waals surface area contributed by atoms with E-state index in [1.807, 2.05) is 0 Å². The highest BCUT2D eigenvalue weighted by atomic mass is 79.9. The fourth-order valence-electron chi connectivity index (χ4n) is 2.12. The predicted molar refractivity (Wildman–Crippen MR) is 85.7 cm³/mol. The number of nitrogens with zero attached hydrogens (tertiary/aromatic N) is 1. The van der Waals surface area contributed by atoms with Gasteiger partial charge < -0.3 is 4.90 Å². The zero-order chi connectivity index (χ0) is 13.5. The highest BCUT2D eigenvalue weighted by molar-refractivity contribution is 9.10. The molecule has 0 saturated heterocycles. The first-order valence-corrected chi connectivity index (χ1v) is 8.08. The van der Waals surface area contributed by atoms with Crippen LogP contribution in [0.4, 0.5) is 5.69 Å². The lowest BCUT2D eigenvalue weighted by atomic mass is 10.0. The van der Waals surface area contributed by atoms with Crippen LogP contribution in [0.5, 0.6) is 0 Å². The highest BCUT2D eigenvalue weighted by Crippen LogP contribution is 2.26. The predicted octanol–water partition coefficient (Wildman–Crippen LogP) is 5.45. The Hall–Kier alpha value is -0.210. The highest BCUT2D eigenvalue weighted by Gasteiger charge is 2.11. The third kappa shape index (κ3) is 4.17. The van der Waals surface area contributed by atoms with Crippen LogP contribution in [0, 0.1) is 5.92 Å². The van der Waals surface area contributed by atoms with Crippen LogP contribution in [0.25, 0.3) is 0 Å². The molecule has 3 heteroatoms. The van der Waals surface area contributed by atoms with Crippen LogP contribution in [0.15, 0.2) is 22.7 Å². The Morgan fingerprint density at radius 2 is 1.89 bits per heavy atom. The van der Waals surface area contributed by atoms with Crippen molar-refractivity contribution in [3.05, 3.63) is 28.2 Å². The van der Waals surface area contributed by atoms with E-state index in [1.165, 1.54) is 18.5 Å². The van der Waals surface area contributed by atoms with E-state index in [-0.39, 0.29) is 0 Å². The first kappa shape index (κ1) is 15.8. The number of hydrogen-bond acceptors (Lipinski definition) is 1. The summed E-state index contributed by atoms with van der Waals surface area (Å²) in [6.45, 7) is 8.94. The second-order valence-corrected chi connectivity index (χ2v) is 5.75. The van der Waals surface area contributed by atoms with Gasteiger partial charge in [-0.15, -0.1) is 11.6 Å². The fraction of sp³-hybridized carbons (Fsp3) is 0.600. The van der Waals surface area contributed by atoms with Crippen molar-refractivity contribution in [2.45, 2.75) is 39.5 Å². The van der Waals surface area contributed by atoms with Crippen molar-refractivity contribution in [2.75, 3.05) is 18.0 Å². The number of anilines is 1. The van der Waals surface area contributed by atoms with E-state index in [9.17, 15) is 0 Å². The van der Waals surface area contributed by atoms with Gasteiger partial charge in [0.05, 0.1) is 0 Å². The van der Waals surface area contributed by atoms with Crippen LogP contribution in [0.3, 0.4) is 0 Å². The average Bonchev–Trinajstić information content (AvgIpc) is 2.40. The van der Waals surface area contributed by atoms with Crippen molar-refractivity contribution in [1.29, 1.82) is 0 Å². The summed E-state index contributed by atoms with van der Waals surface area (Å²) < 4.78 is 1.11. The third-order valence-corrected chi connectivity index (χ3v) is 4.59. The minimum Gasteiger partial charge on any atom is -0.372 e. The third-order valence-electron chi connectivity index (χ3n) is 3.56. The molecule has 0 bridgehead atoms. The lowest BCUT2D eigenvalue weighted by Gasteiger charge is -2.28. The van der Waals surface area contributed by atoms with Crippen LogP contribution in [-0.2, 0) is 5.88 Å². The minimum absolute atomic E-state index is 0.555. The molecule has 0 aliphatic heterocycles. The monoisotopic (exact) mass is 331 g/mol. The van der Waals surface area contributed by atoms with Gasteiger partial charge in [0, 0.05) is 29.1 Å². The lowest BCUT2D eigenvalue weighted by molar-refractivity contribution is 0.486. The van der Waals surface area contributed by atoms with Gasteiger partial charge in [0.1, 0.15) is 0 Å². The second kappa shape index (κ2) is 8.06. The normalized spacial score (nSPS) is 11.0. The molecule has 0 unspecified atom stereocenters. The van der Waals surface area contributed by atoms with E-state index < -0.39 is 0 Å². The summed E-state index contributed by atoms with van der Waals surface area (Å²) in [6, 6.07) is 6.47. The van der Waals surface area contributed by atoms with Crippen LogP contribution in [0.2, 0.25) is 0 Å².